The standard InChI is InChI=1S/C12H17NO3/c1-5-16-11(15)12(3,4)13-8-9(2)6-7-10(13)14/h6-8H,5H2,1-4H3. The van der Waals surface area contributed by atoms with Crippen LogP contribution in [0.25, 0.3) is 0 Å². The molecule has 1 rings (SSSR count). The lowest BCUT2D eigenvalue weighted by Gasteiger charge is -2.25. The molecule has 0 aliphatic rings. The number of carbonyl (C=O) groups excluding carboxylic acids is 1. The van der Waals surface area contributed by atoms with Gasteiger partial charge in [-0.2, -0.15) is 0 Å². The van der Waals surface area contributed by atoms with Crippen LogP contribution in [-0.2, 0) is 15.1 Å². The van der Waals surface area contributed by atoms with Crippen LogP contribution in [0.3, 0.4) is 0 Å². The molecule has 4 heteroatoms. The van der Waals surface area contributed by atoms with E-state index in [4.69, 9.17) is 4.74 Å². The van der Waals surface area contributed by atoms with E-state index in [1.54, 1.807) is 33.0 Å². The number of aryl methyl sites for hydroxylation is 1. The predicted molar refractivity (Wildman–Crippen MR) is 61.4 cm³/mol. The van der Waals surface area contributed by atoms with Crippen molar-refractivity contribution in [1.82, 2.24) is 4.57 Å². The van der Waals surface area contributed by atoms with Gasteiger partial charge in [-0.3, -0.25) is 9.36 Å². The normalized spacial score (nSPS) is 11.2. The van der Waals surface area contributed by atoms with Crippen LogP contribution >= 0.6 is 0 Å². The zero-order valence-corrected chi connectivity index (χ0v) is 10.1. The van der Waals surface area contributed by atoms with Crippen LogP contribution in [0.2, 0.25) is 0 Å². The van der Waals surface area contributed by atoms with E-state index < -0.39 is 11.5 Å². The first-order chi connectivity index (χ1) is 7.39. The lowest BCUT2D eigenvalue weighted by molar-refractivity contribution is -0.152. The zero-order valence-electron chi connectivity index (χ0n) is 10.1. The van der Waals surface area contributed by atoms with Crippen molar-refractivity contribution >= 4 is 5.97 Å². The van der Waals surface area contributed by atoms with Gasteiger partial charge in [-0.25, -0.2) is 4.79 Å². The molecular weight excluding hydrogens is 206 g/mol. The fourth-order valence-electron chi connectivity index (χ4n) is 1.44. The Morgan fingerprint density at radius 1 is 1.44 bits per heavy atom. The molecule has 0 spiro atoms. The highest BCUT2D eigenvalue weighted by Gasteiger charge is 2.31. The molecule has 88 valence electrons. The Labute approximate surface area is 94.9 Å². The van der Waals surface area contributed by atoms with Crippen LogP contribution in [-0.4, -0.2) is 17.1 Å². The number of pyridine rings is 1. The molecule has 0 aliphatic heterocycles. The molecule has 4 nitrogen and oxygen atoms in total. The van der Waals surface area contributed by atoms with Gasteiger partial charge in [0, 0.05) is 12.3 Å². The van der Waals surface area contributed by atoms with E-state index in [0.717, 1.165) is 5.56 Å². The van der Waals surface area contributed by atoms with E-state index >= 15 is 0 Å². The van der Waals surface area contributed by atoms with Gasteiger partial charge in [-0.1, -0.05) is 6.07 Å². The van der Waals surface area contributed by atoms with Gasteiger partial charge in [-0.05, 0) is 33.3 Å². The van der Waals surface area contributed by atoms with Crippen LogP contribution in [0, 0.1) is 6.92 Å². The van der Waals surface area contributed by atoms with Crippen molar-refractivity contribution in [1.29, 1.82) is 0 Å². The zero-order chi connectivity index (χ0) is 12.3. The summed E-state index contributed by atoms with van der Waals surface area (Å²) in [6.45, 7) is 7.27. The molecule has 0 atom stereocenters. The Balaban J connectivity index is 3.20. The number of hydrogen-bond donors (Lipinski definition) is 0. The molecule has 1 heterocycles. The molecule has 0 aliphatic carbocycles. The van der Waals surface area contributed by atoms with E-state index in [-0.39, 0.29) is 5.56 Å². The Morgan fingerprint density at radius 3 is 2.62 bits per heavy atom. The molecule has 0 unspecified atom stereocenters. The summed E-state index contributed by atoms with van der Waals surface area (Å²) in [4.78, 5) is 23.4. The summed E-state index contributed by atoms with van der Waals surface area (Å²) in [5, 5.41) is 0. The van der Waals surface area contributed by atoms with E-state index in [9.17, 15) is 9.59 Å². The maximum atomic E-state index is 11.7. The predicted octanol–water partition coefficient (Wildman–Crippen LogP) is 1.45. The van der Waals surface area contributed by atoms with Gasteiger partial charge in [0.2, 0.25) is 0 Å². The molecular formula is C12H17NO3. The van der Waals surface area contributed by atoms with Crippen LogP contribution in [0.15, 0.2) is 23.1 Å². The van der Waals surface area contributed by atoms with Gasteiger partial charge in [-0.15, -0.1) is 0 Å². The van der Waals surface area contributed by atoms with E-state index in [1.165, 1.54) is 10.6 Å². The van der Waals surface area contributed by atoms with Gasteiger partial charge in [0.05, 0.1) is 6.61 Å². The Morgan fingerprint density at radius 2 is 2.06 bits per heavy atom. The summed E-state index contributed by atoms with van der Waals surface area (Å²) in [7, 11) is 0. The summed E-state index contributed by atoms with van der Waals surface area (Å²) in [6.07, 6.45) is 1.67. The number of hydrogen-bond acceptors (Lipinski definition) is 3. The summed E-state index contributed by atoms with van der Waals surface area (Å²) < 4.78 is 6.36. The van der Waals surface area contributed by atoms with E-state index in [2.05, 4.69) is 0 Å². The molecule has 0 amide bonds. The number of ether oxygens (including phenoxy) is 1. The first kappa shape index (κ1) is 12.5. The molecule has 1 aromatic heterocycles. The number of esters is 1. The van der Waals surface area contributed by atoms with Crippen LogP contribution in [0.4, 0.5) is 0 Å². The number of rotatable bonds is 3. The molecule has 0 radical (unpaired) electrons. The highest BCUT2D eigenvalue weighted by molar-refractivity contribution is 5.77. The second kappa shape index (κ2) is 4.51. The molecule has 1 aromatic rings. The lowest BCUT2D eigenvalue weighted by Crippen LogP contribution is -2.43. The first-order valence-electron chi connectivity index (χ1n) is 5.26. The molecule has 0 saturated heterocycles. The third-order valence-corrected chi connectivity index (χ3v) is 2.44. The summed E-state index contributed by atoms with van der Waals surface area (Å²) in [5.74, 6) is -0.400. The Hall–Kier alpha value is -1.58. The Bertz CT molecular complexity index is 446. The van der Waals surface area contributed by atoms with Crippen molar-refractivity contribution in [3.8, 4) is 0 Å². The Kier molecular flexibility index (Phi) is 3.52. The maximum Gasteiger partial charge on any atom is 0.331 e. The van der Waals surface area contributed by atoms with Gasteiger partial charge < -0.3 is 4.74 Å². The largest absolute Gasteiger partial charge is 0.464 e. The summed E-state index contributed by atoms with van der Waals surface area (Å²) in [5.41, 5.74) is -0.250. The highest BCUT2D eigenvalue weighted by atomic mass is 16.5. The third-order valence-electron chi connectivity index (χ3n) is 2.44. The fraction of sp³-hybridized carbons (Fsp3) is 0.500. The smallest absolute Gasteiger partial charge is 0.331 e. The minimum absolute atomic E-state index is 0.205. The topological polar surface area (TPSA) is 48.3 Å². The lowest BCUT2D eigenvalue weighted by atomic mass is 10.1. The minimum Gasteiger partial charge on any atom is -0.464 e. The second-order valence-corrected chi connectivity index (χ2v) is 4.19. The van der Waals surface area contributed by atoms with Crippen molar-refractivity contribution in [3.63, 3.8) is 0 Å². The number of carbonyl (C=O) groups is 1. The molecule has 0 bridgehead atoms. The van der Waals surface area contributed by atoms with Crippen molar-refractivity contribution in [2.24, 2.45) is 0 Å². The quantitative estimate of drug-likeness (QED) is 0.729. The number of nitrogens with zero attached hydrogens (tertiary/aromatic N) is 1. The minimum atomic E-state index is -0.973. The monoisotopic (exact) mass is 223 g/mol. The van der Waals surface area contributed by atoms with Crippen LogP contribution in [0.5, 0.6) is 0 Å². The molecule has 0 fully saturated rings. The third kappa shape index (κ3) is 2.32. The van der Waals surface area contributed by atoms with Gasteiger partial charge in [0.15, 0.2) is 0 Å². The van der Waals surface area contributed by atoms with Gasteiger partial charge in [0.1, 0.15) is 5.54 Å². The fourth-order valence-corrected chi connectivity index (χ4v) is 1.44. The van der Waals surface area contributed by atoms with Crippen molar-refractivity contribution in [3.05, 3.63) is 34.2 Å². The van der Waals surface area contributed by atoms with Gasteiger partial charge >= 0.3 is 5.97 Å². The summed E-state index contributed by atoms with van der Waals surface area (Å²) in [6, 6.07) is 3.18. The van der Waals surface area contributed by atoms with Crippen molar-refractivity contribution in [2.75, 3.05) is 6.61 Å². The van der Waals surface area contributed by atoms with Gasteiger partial charge in [0.25, 0.3) is 5.56 Å². The van der Waals surface area contributed by atoms with Crippen molar-refractivity contribution < 1.29 is 9.53 Å². The van der Waals surface area contributed by atoms with Crippen molar-refractivity contribution in [2.45, 2.75) is 33.2 Å². The summed E-state index contributed by atoms with van der Waals surface area (Å²) >= 11 is 0. The van der Waals surface area contributed by atoms with E-state index in [1.807, 2.05) is 6.92 Å². The average Bonchev–Trinajstić information content (AvgIpc) is 2.22. The van der Waals surface area contributed by atoms with Crippen LogP contribution < -0.4 is 5.56 Å². The molecule has 0 saturated carbocycles. The molecule has 0 N–H and O–H groups in total. The van der Waals surface area contributed by atoms with Crippen LogP contribution in [0.1, 0.15) is 26.3 Å². The number of aromatic nitrogens is 1. The highest BCUT2D eigenvalue weighted by Crippen LogP contribution is 2.15. The van der Waals surface area contributed by atoms with E-state index in [0.29, 0.717) is 6.61 Å². The molecule has 16 heavy (non-hydrogen) atoms. The SMILES string of the molecule is CCOC(=O)C(C)(C)n1cc(C)ccc1=O. The first-order valence-corrected chi connectivity index (χ1v) is 5.26. The molecule has 0 aromatic carbocycles. The maximum absolute atomic E-state index is 11.7. The second-order valence-electron chi connectivity index (χ2n) is 4.19. The average molecular weight is 223 g/mol.